The van der Waals surface area contributed by atoms with Gasteiger partial charge in [0.25, 0.3) is 11.5 Å². The summed E-state index contributed by atoms with van der Waals surface area (Å²) in [4.78, 5) is 45.7. The smallest absolute Gasteiger partial charge is 0.303 e. The molecule has 1 saturated heterocycles. The molecule has 1 N–H and O–H groups in total. The van der Waals surface area contributed by atoms with E-state index >= 15 is 0 Å². The Bertz CT molecular complexity index is 1080. The Kier molecular flexibility index (Phi) is 5.57. The predicted octanol–water partition coefficient (Wildman–Crippen LogP) is 0.479. The molecule has 0 bridgehead atoms. The van der Waals surface area contributed by atoms with Gasteiger partial charge in [-0.15, -0.1) is 0 Å². The molecule has 2 aliphatic rings. The molecule has 10 heteroatoms. The number of pyridine rings is 1. The average molecular weight is 429 g/mol. The van der Waals surface area contributed by atoms with E-state index in [2.05, 4.69) is 15.3 Å². The number of aromatic nitrogens is 3. The van der Waals surface area contributed by atoms with Crippen LogP contribution in [0.15, 0.2) is 29.3 Å². The molecule has 9 nitrogen and oxygen atoms in total. The van der Waals surface area contributed by atoms with Crippen molar-refractivity contribution in [2.75, 3.05) is 13.1 Å². The lowest BCUT2D eigenvalue weighted by molar-refractivity contribution is -0.157. The van der Waals surface area contributed by atoms with Crippen LogP contribution in [0.3, 0.4) is 0 Å². The van der Waals surface area contributed by atoms with E-state index in [9.17, 15) is 18.8 Å². The van der Waals surface area contributed by atoms with Crippen LogP contribution in [0, 0.1) is 17.7 Å². The first kappa shape index (κ1) is 21.1. The van der Waals surface area contributed by atoms with Crippen molar-refractivity contribution >= 4 is 11.9 Å². The highest BCUT2D eigenvalue weighted by Crippen LogP contribution is 2.45. The topological polar surface area (TPSA) is 106 Å². The molecule has 4 rings (SSSR count). The van der Waals surface area contributed by atoms with Crippen LogP contribution in [0.25, 0.3) is 11.3 Å². The largest absolute Gasteiger partial charge is 0.453 e. The zero-order valence-electron chi connectivity index (χ0n) is 17.5. The second kappa shape index (κ2) is 8.18. The normalized spacial score (nSPS) is 22.7. The first-order valence-electron chi connectivity index (χ1n) is 10.1. The van der Waals surface area contributed by atoms with Crippen LogP contribution in [-0.4, -0.2) is 56.5 Å². The molecule has 2 aromatic rings. The first-order chi connectivity index (χ1) is 14.8. The van der Waals surface area contributed by atoms with Gasteiger partial charge in [-0.05, 0) is 24.8 Å². The number of nitrogens with zero attached hydrogens (tertiary/aromatic N) is 4. The van der Waals surface area contributed by atoms with Crippen molar-refractivity contribution in [1.82, 2.24) is 24.8 Å². The number of carbonyl (C=O) groups is 2. The Morgan fingerprint density at radius 1 is 1.35 bits per heavy atom. The summed E-state index contributed by atoms with van der Waals surface area (Å²) in [6, 6.07) is 3.01. The summed E-state index contributed by atoms with van der Waals surface area (Å²) < 4.78 is 20.5. The number of piperidine rings is 1. The third kappa shape index (κ3) is 4.20. The highest BCUT2D eigenvalue weighted by Gasteiger charge is 2.56. The maximum atomic E-state index is 14.1. The van der Waals surface area contributed by atoms with E-state index in [0.717, 1.165) is 6.20 Å². The Hall–Kier alpha value is -3.14. The lowest BCUT2D eigenvalue weighted by atomic mass is 10.2. The minimum atomic E-state index is -0.781. The molecule has 1 aliphatic heterocycles. The van der Waals surface area contributed by atoms with Crippen molar-refractivity contribution in [3.05, 3.63) is 46.5 Å². The van der Waals surface area contributed by atoms with Gasteiger partial charge < -0.3 is 15.0 Å². The summed E-state index contributed by atoms with van der Waals surface area (Å²) in [7, 11) is 1.63. The molecule has 3 heterocycles. The number of likely N-dealkylation sites (tertiary alicyclic amines) is 1. The highest BCUT2D eigenvalue weighted by molar-refractivity contribution is 5.83. The Morgan fingerprint density at radius 3 is 2.71 bits per heavy atom. The maximum Gasteiger partial charge on any atom is 0.303 e. The summed E-state index contributed by atoms with van der Waals surface area (Å²) in [5.41, 5.74) is 0.227. The van der Waals surface area contributed by atoms with E-state index in [1.807, 2.05) is 0 Å². The molecule has 0 unspecified atom stereocenters. The van der Waals surface area contributed by atoms with Crippen LogP contribution in [0.2, 0.25) is 0 Å². The highest BCUT2D eigenvalue weighted by atomic mass is 19.1. The van der Waals surface area contributed by atoms with Gasteiger partial charge >= 0.3 is 5.97 Å². The van der Waals surface area contributed by atoms with Crippen LogP contribution in [0.4, 0.5) is 4.39 Å². The van der Waals surface area contributed by atoms with Crippen LogP contribution in [-0.2, 0) is 27.9 Å². The third-order valence-electron chi connectivity index (χ3n) is 5.97. The minimum absolute atomic E-state index is 0.183. The molecule has 1 aliphatic carbocycles. The summed E-state index contributed by atoms with van der Waals surface area (Å²) in [5.74, 6) is -0.0709. The quantitative estimate of drug-likeness (QED) is 0.666. The number of nitrogens with one attached hydrogen (secondary N) is 1. The Labute approximate surface area is 178 Å². The molecular formula is C21H24FN5O4. The fraction of sp³-hybridized carbons (Fsp3) is 0.476. The van der Waals surface area contributed by atoms with Crippen molar-refractivity contribution in [2.24, 2.45) is 18.9 Å². The number of amides is 1. The molecule has 0 spiro atoms. The lowest BCUT2D eigenvalue weighted by Gasteiger charge is -2.23. The van der Waals surface area contributed by atoms with Crippen molar-refractivity contribution < 1.29 is 18.7 Å². The maximum absolute atomic E-state index is 14.1. The lowest BCUT2D eigenvalue weighted by Crippen LogP contribution is -2.41. The average Bonchev–Trinajstić information content (AvgIpc) is 3.17. The fourth-order valence-corrected chi connectivity index (χ4v) is 4.24. The number of ether oxygens (including phenoxy) is 1. The first-order valence-corrected chi connectivity index (χ1v) is 10.1. The van der Waals surface area contributed by atoms with E-state index in [-0.39, 0.29) is 28.8 Å². The Balaban J connectivity index is 1.38. The monoisotopic (exact) mass is 429 g/mol. The van der Waals surface area contributed by atoms with E-state index in [4.69, 9.17) is 4.74 Å². The van der Waals surface area contributed by atoms with Crippen molar-refractivity contribution in [3.8, 4) is 11.3 Å². The van der Waals surface area contributed by atoms with Gasteiger partial charge in [-0.3, -0.25) is 23.9 Å². The van der Waals surface area contributed by atoms with Gasteiger partial charge in [0, 0.05) is 50.9 Å². The van der Waals surface area contributed by atoms with E-state index < -0.39 is 17.9 Å². The van der Waals surface area contributed by atoms with Crippen molar-refractivity contribution in [2.45, 2.75) is 32.5 Å². The zero-order valence-corrected chi connectivity index (χ0v) is 17.5. The van der Waals surface area contributed by atoms with Crippen LogP contribution < -0.4 is 10.9 Å². The van der Waals surface area contributed by atoms with Gasteiger partial charge in [-0.2, -0.15) is 0 Å². The number of esters is 1. The molecule has 0 radical (unpaired) electrons. The van der Waals surface area contributed by atoms with Crippen molar-refractivity contribution in [3.63, 3.8) is 0 Å². The molecule has 1 saturated carbocycles. The third-order valence-corrected chi connectivity index (χ3v) is 5.97. The SMILES string of the molecule is CC(=O)O[C@@H](C)C(=O)N1C[C@H]2C(NCc3nc(-c4ccncc4F)cc(=O)n3C)[C@@H]2C1. The number of halogens is 1. The van der Waals surface area contributed by atoms with Crippen LogP contribution in [0.1, 0.15) is 19.7 Å². The van der Waals surface area contributed by atoms with Gasteiger partial charge in [0.05, 0.1) is 18.4 Å². The minimum Gasteiger partial charge on any atom is -0.453 e. The van der Waals surface area contributed by atoms with E-state index in [1.165, 1.54) is 29.8 Å². The summed E-state index contributed by atoms with van der Waals surface area (Å²) in [6.45, 7) is 4.41. The molecular weight excluding hydrogens is 405 g/mol. The molecule has 1 amide bonds. The zero-order chi connectivity index (χ0) is 22.3. The molecule has 164 valence electrons. The van der Waals surface area contributed by atoms with Gasteiger partial charge in [-0.25, -0.2) is 9.37 Å². The molecule has 0 aromatic carbocycles. The molecule has 2 fully saturated rings. The van der Waals surface area contributed by atoms with Crippen LogP contribution in [0.5, 0.6) is 0 Å². The van der Waals surface area contributed by atoms with E-state index in [1.54, 1.807) is 18.9 Å². The summed E-state index contributed by atoms with van der Waals surface area (Å²) in [6.07, 6.45) is 1.76. The molecule has 3 atom stereocenters. The second-order valence-corrected chi connectivity index (χ2v) is 8.04. The second-order valence-electron chi connectivity index (χ2n) is 8.04. The number of hydrogen-bond acceptors (Lipinski definition) is 7. The van der Waals surface area contributed by atoms with E-state index in [0.29, 0.717) is 37.3 Å². The summed E-state index contributed by atoms with van der Waals surface area (Å²) >= 11 is 0. The number of rotatable bonds is 6. The standard InChI is InChI=1S/C21H24FN5O4/c1-11(31-12(2)28)21(30)27-9-14-15(10-27)20(14)24-8-18-25-17(6-19(29)26(18)3)13-4-5-23-7-16(13)22/h4-7,11,14-15,20,24H,8-10H2,1-3H3/t11-,14+,15+/m0/s1. The molecule has 2 aromatic heterocycles. The fourth-order valence-electron chi connectivity index (χ4n) is 4.24. The van der Waals surface area contributed by atoms with Gasteiger partial charge in [0.1, 0.15) is 5.82 Å². The number of fused-ring (bicyclic) bond motifs is 1. The number of carbonyl (C=O) groups excluding carboxylic acids is 2. The number of hydrogen-bond donors (Lipinski definition) is 1. The Morgan fingerprint density at radius 2 is 2.06 bits per heavy atom. The van der Waals surface area contributed by atoms with Gasteiger partial charge in [0.2, 0.25) is 0 Å². The predicted molar refractivity (Wildman–Crippen MR) is 108 cm³/mol. The van der Waals surface area contributed by atoms with Gasteiger partial charge in [0.15, 0.2) is 11.9 Å². The van der Waals surface area contributed by atoms with Crippen molar-refractivity contribution in [1.29, 1.82) is 0 Å². The summed E-state index contributed by atoms with van der Waals surface area (Å²) in [5, 5.41) is 3.41. The van der Waals surface area contributed by atoms with Crippen LogP contribution >= 0.6 is 0 Å². The van der Waals surface area contributed by atoms with Gasteiger partial charge in [-0.1, -0.05) is 0 Å². The molecule has 31 heavy (non-hydrogen) atoms.